The summed E-state index contributed by atoms with van der Waals surface area (Å²) in [7, 11) is 1.72. The summed E-state index contributed by atoms with van der Waals surface area (Å²) in [6.07, 6.45) is 0. The van der Waals surface area contributed by atoms with Crippen LogP contribution < -0.4 is 16.2 Å². The molecule has 11 heteroatoms. The van der Waals surface area contributed by atoms with Gasteiger partial charge < -0.3 is 14.6 Å². The minimum Gasteiger partial charge on any atom is -0.362 e. The molecule has 162 valence electrons. The Balaban J connectivity index is 1.45. The van der Waals surface area contributed by atoms with Gasteiger partial charge in [-0.1, -0.05) is 40.9 Å². The molecule has 3 rings (SSSR count). The number of nitrogens with one attached hydrogen (secondary N) is 3. The van der Waals surface area contributed by atoms with Gasteiger partial charge in [0.15, 0.2) is 0 Å². The van der Waals surface area contributed by atoms with Gasteiger partial charge in [-0.25, -0.2) is 0 Å². The number of hydrogen-bond acceptors (Lipinski definition) is 4. The molecule has 3 aromatic rings. The van der Waals surface area contributed by atoms with E-state index in [2.05, 4.69) is 16.2 Å². The highest BCUT2D eigenvalue weighted by Gasteiger charge is 2.15. The van der Waals surface area contributed by atoms with Crippen molar-refractivity contribution in [3.05, 3.63) is 63.2 Å². The summed E-state index contributed by atoms with van der Waals surface area (Å²) in [5, 5.41) is 4.37. The molecule has 0 saturated heterocycles. The molecule has 0 aliphatic carbocycles. The molecule has 0 saturated carbocycles. The van der Waals surface area contributed by atoms with E-state index in [0.29, 0.717) is 21.4 Å². The zero-order chi connectivity index (χ0) is 22.5. The smallest absolute Gasteiger partial charge is 0.286 e. The fourth-order valence-corrected chi connectivity index (χ4v) is 3.32. The van der Waals surface area contributed by atoms with Crippen molar-refractivity contribution < 1.29 is 19.1 Å². The molecule has 0 aliphatic rings. The second kappa shape index (κ2) is 10.0. The number of aromatic nitrogens is 1. The molecular formula is C20H17Cl3N4O4. The third kappa shape index (κ3) is 5.68. The molecular weight excluding hydrogens is 467 g/mol. The molecule has 0 bridgehead atoms. The monoisotopic (exact) mass is 482 g/mol. The lowest BCUT2D eigenvalue weighted by molar-refractivity contribution is -0.129. The summed E-state index contributed by atoms with van der Waals surface area (Å²) in [6.45, 7) is -0.837. The van der Waals surface area contributed by atoms with Crippen LogP contribution in [0.1, 0.15) is 10.5 Å². The lowest BCUT2D eigenvalue weighted by Gasteiger charge is -2.10. The summed E-state index contributed by atoms with van der Waals surface area (Å²) >= 11 is 17.8. The number of ether oxygens (including phenoxy) is 1. The molecule has 8 nitrogen and oxygen atoms in total. The maximum Gasteiger partial charge on any atom is 0.286 e. The van der Waals surface area contributed by atoms with E-state index in [4.69, 9.17) is 39.5 Å². The SMILES string of the molecule is Cn1c(C(=O)NNC(=O)COCC(=O)Nc2cccc(Cl)c2Cl)cc2cc(Cl)ccc21. The van der Waals surface area contributed by atoms with Gasteiger partial charge in [-0.05, 0) is 36.4 Å². The molecule has 0 radical (unpaired) electrons. The summed E-state index contributed by atoms with van der Waals surface area (Å²) in [5.74, 6) is -1.67. The fourth-order valence-electron chi connectivity index (χ4n) is 2.79. The number of carbonyl (C=O) groups excluding carboxylic acids is 3. The minimum atomic E-state index is -0.635. The summed E-state index contributed by atoms with van der Waals surface area (Å²) in [5.41, 5.74) is 6.01. The molecule has 31 heavy (non-hydrogen) atoms. The van der Waals surface area contributed by atoms with Crippen molar-refractivity contribution in [3.8, 4) is 0 Å². The molecule has 3 amide bonds. The fraction of sp³-hybridized carbons (Fsp3) is 0.150. The highest BCUT2D eigenvalue weighted by atomic mass is 35.5. The first-order chi connectivity index (χ1) is 14.8. The topological polar surface area (TPSA) is 101 Å². The first kappa shape index (κ1) is 22.9. The number of anilines is 1. The molecule has 0 unspecified atom stereocenters. The van der Waals surface area contributed by atoms with Crippen LogP contribution in [-0.2, 0) is 21.4 Å². The van der Waals surface area contributed by atoms with Gasteiger partial charge in [0.1, 0.15) is 18.9 Å². The van der Waals surface area contributed by atoms with Crippen molar-refractivity contribution in [1.29, 1.82) is 0 Å². The standard InChI is InChI=1S/C20H17Cl3N4O4/c1-27-15-6-5-12(21)7-11(15)8-16(27)20(30)26-25-18(29)10-31-9-17(28)24-14-4-2-3-13(22)19(14)23/h2-8H,9-10H2,1H3,(H,24,28)(H,25,29)(H,26,30). The van der Waals surface area contributed by atoms with Crippen LogP contribution in [0.25, 0.3) is 10.9 Å². The quantitative estimate of drug-likeness (QED) is 0.467. The Morgan fingerprint density at radius 2 is 1.71 bits per heavy atom. The first-order valence-electron chi connectivity index (χ1n) is 8.92. The lowest BCUT2D eigenvalue weighted by Crippen LogP contribution is -2.44. The lowest BCUT2D eigenvalue weighted by atomic mass is 10.2. The van der Waals surface area contributed by atoms with Crippen LogP contribution >= 0.6 is 34.8 Å². The van der Waals surface area contributed by atoms with Crippen LogP contribution in [0.15, 0.2) is 42.5 Å². The van der Waals surface area contributed by atoms with Crippen molar-refractivity contribution >= 4 is 69.1 Å². The average molecular weight is 484 g/mol. The van der Waals surface area contributed by atoms with Crippen LogP contribution in [0.3, 0.4) is 0 Å². The molecule has 1 heterocycles. The van der Waals surface area contributed by atoms with Gasteiger partial charge in [-0.3, -0.25) is 25.2 Å². The molecule has 3 N–H and O–H groups in total. The second-order valence-corrected chi connectivity index (χ2v) is 7.66. The van der Waals surface area contributed by atoms with Gasteiger partial charge in [0.05, 0.1) is 15.7 Å². The number of rotatable bonds is 6. The number of carbonyl (C=O) groups is 3. The van der Waals surface area contributed by atoms with Crippen LogP contribution in [0.4, 0.5) is 5.69 Å². The predicted molar refractivity (Wildman–Crippen MR) is 119 cm³/mol. The van der Waals surface area contributed by atoms with Crippen molar-refractivity contribution in [2.75, 3.05) is 18.5 Å². The van der Waals surface area contributed by atoms with Gasteiger partial charge in [0, 0.05) is 23.0 Å². The number of aryl methyl sites for hydroxylation is 1. The van der Waals surface area contributed by atoms with Crippen molar-refractivity contribution in [2.45, 2.75) is 0 Å². The van der Waals surface area contributed by atoms with Crippen LogP contribution in [0, 0.1) is 0 Å². The number of halogens is 3. The Labute approximate surface area is 192 Å². The van der Waals surface area contributed by atoms with E-state index in [-0.39, 0.29) is 5.02 Å². The number of hydrazine groups is 1. The largest absolute Gasteiger partial charge is 0.362 e. The number of fused-ring (bicyclic) bond motifs is 1. The summed E-state index contributed by atoms with van der Waals surface area (Å²) in [6, 6.07) is 11.7. The summed E-state index contributed by atoms with van der Waals surface area (Å²) in [4.78, 5) is 36.1. The average Bonchev–Trinajstić information content (AvgIpc) is 3.05. The van der Waals surface area contributed by atoms with E-state index in [1.807, 2.05) is 0 Å². The second-order valence-electron chi connectivity index (χ2n) is 6.44. The van der Waals surface area contributed by atoms with Crippen LogP contribution in [0.5, 0.6) is 0 Å². The van der Waals surface area contributed by atoms with Crippen molar-refractivity contribution in [2.24, 2.45) is 7.05 Å². The molecule has 1 aromatic heterocycles. The maximum absolute atomic E-state index is 12.4. The van der Waals surface area contributed by atoms with E-state index >= 15 is 0 Å². The highest BCUT2D eigenvalue weighted by Crippen LogP contribution is 2.29. The third-order valence-electron chi connectivity index (χ3n) is 4.24. The Morgan fingerprint density at radius 3 is 2.48 bits per heavy atom. The van der Waals surface area contributed by atoms with Crippen LogP contribution in [-0.4, -0.2) is 35.5 Å². The Morgan fingerprint density at radius 1 is 0.968 bits per heavy atom. The molecule has 0 atom stereocenters. The third-order valence-corrected chi connectivity index (χ3v) is 5.30. The number of benzene rings is 2. The molecule has 0 aliphatic heterocycles. The van der Waals surface area contributed by atoms with E-state index < -0.39 is 30.9 Å². The first-order valence-corrected chi connectivity index (χ1v) is 10.1. The van der Waals surface area contributed by atoms with Gasteiger partial charge >= 0.3 is 0 Å². The van der Waals surface area contributed by atoms with Gasteiger partial charge in [0.25, 0.3) is 11.8 Å². The number of nitrogens with zero attached hydrogens (tertiary/aromatic N) is 1. The maximum atomic E-state index is 12.4. The molecule has 0 fully saturated rings. The van der Waals surface area contributed by atoms with Gasteiger partial charge in [-0.2, -0.15) is 0 Å². The predicted octanol–water partition coefficient (Wildman–Crippen LogP) is 3.55. The molecule has 2 aromatic carbocycles. The van der Waals surface area contributed by atoms with Gasteiger partial charge in [-0.15, -0.1) is 0 Å². The van der Waals surface area contributed by atoms with Crippen LogP contribution in [0.2, 0.25) is 15.1 Å². The zero-order valence-corrected chi connectivity index (χ0v) is 18.4. The minimum absolute atomic E-state index is 0.202. The normalized spacial score (nSPS) is 10.7. The van der Waals surface area contributed by atoms with Crippen molar-refractivity contribution in [3.63, 3.8) is 0 Å². The Bertz CT molecular complexity index is 1160. The zero-order valence-electron chi connectivity index (χ0n) is 16.2. The summed E-state index contributed by atoms with van der Waals surface area (Å²) < 4.78 is 6.73. The van der Waals surface area contributed by atoms with Crippen molar-refractivity contribution in [1.82, 2.24) is 15.4 Å². The van der Waals surface area contributed by atoms with E-state index in [1.54, 1.807) is 54.1 Å². The van der Waals surface area contributed by atoms with E-state index in [9.17, 15) is 14.4 Å². The van der Waals surface area contributed by atoms with E-state index in [0.717, 1.165) is 10.9 Å². The highest BCUT2D eigenvalue weighted by molar-refractivity contribution is 6.44. The van der Waals surface area contributed by atoms with Gasteiger partial charge in [0.2, 0.25) is 5.91 Å². The van der Waals surface area contributed by atoms with E-state index in [1.165, 1.54) is 0 Å². The number of amides is 3. The Kier molecular flexibility index (Phi) is 7.40. The Hall–Kier alpha value is -2.78. The molecule has 0 spiro atoms. The number of hydrogen-bond donors (Lipinski definition) is 3.